The molecule has 0 aliphatic rings. The molecular weight excluding hydrogens is 478 g/mol. The van der Waals surface area contributed by atoms with E-state index in [0.29, 0.717) is 17.3 Å². The summed E-state index contributed by atoms with van der Waals surface area (Å²) in [7, 11) is 0. The second kappa shape index (κ2) is 9.79. The number of rotatable bonds is 11. The minimum atomic E-state index is -0.122. The maximum absolute atomic E-state index is 13.9. The van der Waals surface area contributed by atoms with Crippen molar-refractivity contribution in [3.63, 3.8) is 0 Å². The molecule has 0 atom stereocenters. The van der Waals surface area contributed by atoms with Gasteiger partial charge in [0.1, 0.15) is 0 Å². The van der Waals surface area contributed by atoms with Crippen LogP contribution < -0.4 is 11.1 Å². The van der Waals surface area contributed by atoms with Crippen LogP contribution >= 0.6 is 0 Å². The van der Waals surface area contributed by atoms with E-state index in [-0.39, 0.29) is 11.1 Å². The number of hydrogen-bond acceptors (Lipinski definition) is 2. The van der Waals surface area contributed by atoms with Crippen molar-refractivity contribution in [1.82, 2.24) is 4.57 Å². The summed E-state index contributed by atoms with van der Waals surface area (Å²) in [6, 6.07) is 21.3. The SMILES string of the molecule is CCCCCCCCCCCCn1c(=O)c2c3ccc4cccc5c6cccc7ccc(c2c1=O)c(c76)c3c45. The maximum Gasteiger partial charge on any atom is 0.262 e. The lowest BCUT2D eigenvalue weighted by molar-refractivity contribution is 0.529. The average molecular weight is 514 g/mol. The minimum Gasteiger partial charge on any atom is -0.274 e. The van der Waals surface area contributed by atoms with Crippen LogP contribution in [0, 0.1) is 0 Å². The molecule has 0 fully saturated rings. The minimum absolute atomic E-state index is 0.122. The molecule has 3 heteroatoms. The molecule has 0 bridgehead atoms. The second-order valence-electron chi connectivity index (χ2n) is 11.5. The van der Waals surface area contributed by atoms with Crippen LogP contribution in [0.5, 0.6) is 0 Å². The molecule has 0 radical (unpaired) electrons. The summed E-state index contributed by atoms with van der Waals surface area (Å²) in [5.74, 6) is 0. The van der Waals surface area contributed by atoms with Crippen LogP contribution in [0.1, 0.15) is 71.1 Å². The molecule has 0 amide bonds. The highest BCUT2D eigenvalue weighted by molar-refractivity contribution is 6.44. The molecule has 0 saturated heterocycles. The average Bonchev–Trinajstić information content (AvgIpc) is 3.22. The lowest BCUT2D eigenvalue weighted by Crippen LogP contribution is -2.25. The number of aromatic nitrogens is 1. The Kier molecular flexibility index (Phi) is 6.11. The molecule has 0 saturated carbocycles. The van der Waals surface area contributed by atoms with Crippen molar-refractivity contribution in [3.8, 4) is 0 Å². The summed E-state index contributed by atoms with van der Waals surface area (Å²) in [4.78, 5) is 27.7. The fourth-order valence-electron chi connectivity index (χ4n) is 7.18. The lowest BCUT2D eigenvalue weighted by Gasteiger charge is -2.18. The van der Waals surface area contributed by atoms with Gasteiger partial charge in [0.15, 0.2) is 0 Å². The highest BCUT2D eigenvalue weighted by atomic mass is 16.2. The number of fused-ring (bicyclic) bond motifs is 4. The summed E-state index contributed by atoms with van der Waals surface area (Å²) in [5.41, 5.74) is -0.243. The molecule has 6 aromatic carbocycles. The third-order valence-electron chi connectivity index (χ3n) is 9.07. The van der Waals surface area contributed by atoms with Crippen molar-refractivity contribution in [2.75, 3.05) is 0 Å². The maximum atomic E-state index is 13.9. The molecule has 196 valence electrons. The van der Waals surface area contributed by atoms with Crippen molar-refractivity contribution >= 4 is 64.6 Å². The molecule has 0 spiro atoms. The third-order valence-corrected chi connectivity index (χ3v) is 9.07. The first-order valence-corrected chi connectivity index (χ1v) is 14.9. The Morgan fingerprint density at radius 3 is 1.41 bits per heavy atom. The van der Waals surface area contributed by atoms with Gasteiger partial charge in [-0.2, -0.15) is 0 Å². The zero-order valence-corrected chi connectivity index (χ0v) is 22.8. The van der Waals surface area contributed by atoms with E-state index in [1.807, 2.05) is 0 Å². The van der Waals surface area contributed by atoms with Gasteiger partial charge >= 0.3 is 0 Å². The Balaban J connectivity index is 1.31. The van der Waals surface area contributed by atoms with Gasteiger partial charge in [-0.1, -0.05) is 125 Å². The molecule has 39 heavy (non-hydrogen) atoms. The highest BCUT2D eigenvalue weighted by Gasteiger charge is 2.24. The molecule has 1 heterocycles. The fraction of sp³-hybridized carbons (Fsp3) is 0.333. The molecular formula is C36H35NO2. The van der Waals surface area contributed by atoms with Crippen molar-refractivity contribution in [3.05, 3.63) is 81.4 Å². The first-order chi connectivity index (χ1) is 19.2. The topological polar surface area (TPSA) is 39.1 Å². The van der Waals surface area contributed by atoms with E-state index in [1.54, 1.807) is 0 Å². The van der Waals surface area contributed by atoms with Gasteiger partial charge in [-0.15, -0.1) is 0 Å². The molecule has 0 aliphatic heterocycles. The molecule has 7 rings (SSSR count). The Morgan fingerprint density at radius 2 is 0.923 bits per heavy atom. The Bertz CT molecular complexity index is 1920. The predicted octanol–water partition coefficient (Wildman–Crippen LogP) is 9.36. The van der Waals surface area contributed by atoms with Crippen molar-refractivity contribution in [2.24, 2.45) is 0 Å². The predicted molar refractivity (Wildman–Crippen MR) is 167 cm³/mol. The van der Waals surface area contributed by atoms with Gasteiger partial charge < -0.3 is 0 Å². The van der Waals surface area contributed by atoms with Crippen LogP contribution in [0.2, 0.25) is 0 Å². The highest BCUT2D eigenvalue weighted by Crippen LogP contribution is 2.46. The molecule has 0 unspecified atom stereocenters. The Morgan fingerprint density at radius 1 is 0.462 bits per heavy atom. The van der Waals surface area contributed by atoms with Crippen molar-refractivity contribution in [2.45, 2.75) is 77.7 Å². The number of nitrogens with zero attached hydrogens (tertiary/aromatic N) is 1. The van der Waals surface area contributed by atoms with Crippen LogP contribution in [0.25, 0.3) is 64.6 Å². The van der Waals surface area contributed by atoms with Crippen LogP contribution in [0.3, 0.4) is 0 Å². The van der Waals surface area contributed by atoms with E-state index in [1.165, 1.54) is 88.3 Å². The second-order valence-corrected chi connectivity index (χ2v) is 11.5. The van der Waals surface area contributed by atoms with E-state index in [0.717, 1.165) is 34.4 Å². The molecule has 1 aromatic heterocycles. The molecule has 7 aromatic rings. The number of benzene rings is 6. The van der Waals surface area contributed by atoms with E-state index >= 15 is 0 Å². The van der Waals surface area contributed by atoms with Gasteiger partial charge in [-0.3, -0.25) is 14.2 Å². The summed E-state index contributed by atoms with van der Waals surface area (Å²) >= 11 is 0. The quantitative estimate of drug-likeness (QED) is 0.0982. The van der Waals surface area contributed by atoms with Gasteiger partial charge in [0.2, 0.25) is 0 Å². The van der Waals surface area contributed by atoms with E-state index in [4.69, 9.17) is 0 Å². The summed E-state index contributed by atoms with van der Waals surface area (Å²) in [6.07, 6.45) is 12.3. The largest absolute Gasteiger partial charge is 0.274 e. The van der Waals surface area contributed by atoms with Gasteiger partial charge in [-0.25, -0.2) is 0 Å². The molecule has 0 aliphatic carbocycles. The zero-order valence-electron chi connectivity index (χ0n) is 22.8. The molecule has 3 nitrogen and oxygen atoms in total. The van der Waals surface area contributed by atoms with Gasteiger partial charge in [0.05, 0.1) is 10.8 Å². The third kappa shape index (κ3) is 3.70. The van der Waals surface area contributed by atoms with E-state index < -0.39 is 0 Å². The Labute approximate surface area is 228 Å². The Hall–Kier alpha value is -3.72. The van der Waals surface area contributed by atoms with Gasteiger partial charge in [0.25, 0.3) is 11.1 Å². The van der Waals surface area contributed by atoms with Crippen LogP contribution in [0.15, 0.2) is 70.3 Å². The number of hydrogen-bond donors (Lipinski definition) is 0. The van der Waals surface area contributed by atoms with Crippen LogP contribution in [-0.2, 0) is 6.54 Å². The van der Waals surface area contributed by atoms with Crippen molar-refractivity contribution < 1.29 is 0 Å². The fourth-order valence-corrected chi connectivity index (χ4v) is 7.18. The van der Waals surface area contributed by atoms with Gasteiger partial charge in [0, 0.05) is 6.54 Å². The summed E-state index contributed by atoms with van der Waals surface area (Å²) in [5, 5.41) is 12.5. The van der Waals surface area contributed by atoms with E-state index in [2.05, 4.69) is 67.6 Å². The lowest BCUT2D eigenvalue weighted by atomic mass is 9.84. The van der Waals surface area contributed by atoms with E-state index in [9.17, 15) is 9.59 Å². The zero-order chi connectivity index (χ0) is 26.5. The van der Waals surface area contributed by atoms with Crippen LogP contribution in [-0.4, -0.2) is 4.57 Å². The smallest absolute Gasteiger partial charge is 0.262 e. The summed E-state index contributed by atoms with van der Waals surface area (Å²) < 4.78 is 1.53. The first-order valence-electron chi connectivity index (χ1n) is 14.9. The molecule has 0 N–H and O–H groups in total. The van der Waals surface area contributed by atoms with Crippen molar-refractivity contribution in [1.29, 1.82) is 0 Å². The monoisotopic (exact) mass is 513 g/mol. The number of unbranched alkanes of at least 4 members (excludes halogenated alkanes) is 9. The van der Waals surface area contributed by atoms with Crippen LogP contribution in [0.4, 0.5) is 0 Å². The normalized spacial score (nSPS) is 12.5. The standard InChI is InChI=1S/C36H35NO2/c1-2-3-4-5-6-7-8-9-10-11-22-37-35(38)33-27-20-18-23-14-12-16-25-26-17-13-15-24-19-21-28(34(33)36(37)39)32(30(24)26)31(27)29(23)25/h12-21H,2-11,22H2,1H3. The summed E-state index contributed by atoms with van der Waals surface area (Å²) in [6.45, 7) is 2.76. The first kappa shape index (κ1) is 24.3. The van der Waals surface area contributed by atoms with Gasteiger partial charge in [-0.05, 0) is 60.3 Å².